The highest BCUT2D eigenvalue weighted by atomic mass is 16.6. The van der Waals surface area contributed by atoms with Crippen molar-refractivity contribution in [1.82, 2.24) is 0 Å². The number of hydrogen-bond acceptors (Lipinski definition) is 9. The van der Waals surface area contributed by atoms with E-state index in [1.807, 2.05) is 27.7 Å². The van der Waals surface area contributed by atoms with E-state index in [2.05, 4.69) is 6.58 Å². The summed E-state index contributed by atoms with van der Waals surface area (Å²) in [5.41, 5.74) is -2.62. The van der Waals surface area contributed by atoms with Crippen molar-refractivity contribution in [1.29, 1.82) is 0 Å². The molecule has 4 aliphatic rings. The summed E-state index contributed by atoms with van der Waals surface area (Å²) in [6, 6.07) is 1.75. The fourth-order valence-corrected chi connectivity index (χ4v) is 8.07. The standard InChI is InChI=1S/C29H36O9/c1-15-18-12-27(5)25(17-8-9-35-14-17)37-23(32)13-29(15,27)38-21-11-20(36-16(2)30)26(3,4)19(10-22(31)34-7)28(21,6)24(18)33/h8-9,14,18-21,25H,1,10-13H2,2-7H3/t18-,19-,20+,21-,25-,27-,28+,29-/m0/s1. The van der Waals surface area contributed by atoms with E-state index < -0.39 is 69.9 Å². The lowest BCUT2D eigenvalue weighted by Crippen LogP contribution is -2.65. The molecule has 206 valence electrons. The molecule has 3 heterocycles. The molecular formula is C29H36O9. The highest BCUT2D eigenvalue weighted by Crippen LogP contribution is 2.70. The second-order valence-corrected chi connectivity index (χ2v) is 12.4. The van der Waals surface area contributed by atoms with Gasteiger partial charge in [-0.3, -0.25) is 19.2 Å². The maximum absolute atomic E-state index is 14.7. The van der Waals surface area contributed by atoms with E-state index in [9.17, 15) is 19.2 Å². The summed E-state index contributed by atoms with van der Waals surface area (Å²) in [5, 5.41) is 0. The Kier molecular flexibility index (Phi) is 5.98. The molecule has 0 radical (unpaired) electrons. The number of ketones is 1. The summed E-state index contributed by atoms with van der Waals surface area (Å²) < 4.78 is 29.0. The third-order valence-corrected chi connectivity index (χ3v) is 10.2. The number of furan rings is 1. The summed E-state index contributed by atoms with van der Waals surface area (Å²) >= 11 is 0. The number of carbonyl (C=O) groups is 4. The number of rotatable bonds is 4. The van der Waals surface area contributed by atoms with Gasteiger partial charge >= 0.3 is 17.9 Å². The molecule has 4 fully saturated rings. The molecular weight excluding hydrogens is 492 g/mol. The van der Waals surface area contributed by atoms with Crippen molar-refractivity contribution >= 4 is 23.7 Å². The van der Waals surface area contributed by atoms with Crippen LogP contribution >= 0.6 is 0 Å². The number of carbonyl (C=O) groups excluding carboxylic acids is 4. The van der Waals surface area contributed by atoms with Crippen LogP contribution in [0.3, 0.4) is 0 Å². The molecule has 5 rings (SSSR count). The smallest absolute Gasteiger partial charge is 0.309 e. The molecule has 2 aliphatic carbocycles. The van der Waals surface area contributed by atoms with Crippen LogP contribution in [0.2, 0.25) is 0 Å². The molecule has 1 aromatic rings. The molecule has 2 saturated carbocycles. The second kappa shape index (κ2) is 8.53. The molecule has 2 aliphatic heterocycles. The minimum Gasteiger partial charge on any atom is -0.472 e. The molecule has 2 bridgehead atoms. The van der Waals surface area contributed by atoms with Crippen LogP contribution in [0.25, 0.3) is 0 Å². The molecule has 1 spiro atoms. The Morgan fingerprint density at radius 2 is 1.89 bits per heavy atom. The fourth-order valence-electron chi connectivity index (χ4n) is 8.07. The van der Waals surface area contributed by atoms with Crippen molar-refractivity contribution in [2.75, 3.05) is 7.11 Å². The van der Waals surface area contributed by atoms with Crippen molar-refractivity contribution in [3.8, 4) is 0 Å². The van der Waals surface area contributed by atoms with Gasteiger partial charge in [0, 0.05) is 35.7 Å². The quantitative estimate of drug-likeness (QED) is 0.323. The molecule has 0 unspecified atom stereocenters. The first-order valence-electron chi connectivity index (χ1n) is 13.1. The number of methoxy groups -OCH3 is 1. The first kappa shape index (κ1) is 26.7. The van der Waals surface area contributed by atoms with Crippen LogP contribution < -0.4 is 0 Å². The lowest BCUT2D eigenvalue weighted by molar-refractivity contribution is -0.258. The Morgan fingerprint density at radius 3 is 2.50 bits per heavy atom. The summed E-state index contributed by atoms with van der Waals surface area (Å²) in [6.45, 7) is 13.3. The summed E-state index contributed by atoms with van der Waals surface area (Å²) in [5.74, 6) is -2.63. The number of cyclic esters (lactones) is 1. The van der Waals surface area contributed by atoms with E-state index in [0.717, 1.165) is 0 Å². The van der Waals surface area contributed by atoms with Gasteiger partial charge in [0.15, 0.2) is 0 Å². The average molecular weight is 529 g/mol. The number of Topliss-reactive ketones (excluding diaryl/α,β-unsaturated/α-hetero) is 1. The molecule has 0 aromatic carbocycles. The van der Waals surface area contributed by atoms with Crippen LogP contribution in [-0.4, -0.2) is 48.6 Å². The van der Waals surface area contributed by atoms with Crippen LogP contribution in [0.15, 0.2) is 35.2 Å². The fraction of sp³-hybridized carbons (Fsp3) is 0.655. The van der Waals surface area contributed by atoms with Gasteiger partial charge in [0.2, 0.25) is 0 Å². The van der Waals surface area contributed by atoms with Gasteiger partial charge in [0.05, 0.1) is 44.0 Å². The molecule has 8 atom stereocenters. The van der Waals surface area contributed by atoms with E-state index in [1.165, 1.54) is 20.3 Å². The van der Waals surface area contributed by atoms with Gasteiger partial charge in [-0.15, -0.1) is 0 Å². The van der Waals surface area contributed by atoms with E-state index in [4.69, 9.17) is 23.4 Å². The van der Waals surface area contributed by atoms with E-state index in [0.29, 0.717) is 17.6 Å². The van der Waals surface area contributed by atoms with Gasteiger partial charge in [-0.2, -0.15) is 0 Å². The Hall–Kier alpha value is -2.94. The zero-order valence-electron chi connectivity index (χ0n) is 22.8. The van der Waals surface area contributed by atoms with Crippen molar-refractivity contribution in [3.05, 3.63) is 36.3 Å². The van der Waals surface area contributed by atoms with E-state index in [1.54, 1.807) is 12.3 Å². The lowest BCUT2D eigenvalue weighted by Gasteiger charge is -2.59. The SMILES string of the molecule is C=C1[C@@H]2C[C@@]3(C)[C@H](c4ccoc4)OC(=O)C[C@]13O[C@H]1C[C@@H](OC(C)=O)C(C)(C)[C@H](CC(=O)OC)[C@@]1(C)C2=O. The van der Waals surface area contributed by atoms with Gasteiger partial charge in [-0.25, -0.2) is 0 Å². The minimum absolute atomic E-state index is 0.0491. The molecule has 2 saturated heterocycles. The second-order valence-electron chi connectivity index (χ2n) is 12.4. The Labute approximate surface area is 222 Å². The third-order valence-electron chi connectivity index (χ3n) is 10.2. The number of fused-ring (bicyclic) bond motifs is 2. The summed E-state index contributed by atoms with van der Waals surface area (Å²) in [4.78, 5) is 52.6. The zero-order valence-corrected chi connectivity index (χ0v) is 22.8. The van der Waals surface area contributed by atoms with Crippen molar-refractivity contribution < 1.29 is 42.5 Å². The lowest BCUT2D eigenvalue weighted by atomic mass is 9.50. The Morgan fingerprint density at radius 1 is 1.18 bits per heavy atom. The normalized spacial score (nSPS) is 41.4. The largest absolute Gasteiger partial charge is 0.472 e. The maximum Gasteiger partial charge on any atom is 0.309 e. The van der Waals surface area contributed by atoms with Gasteiger partial charge in [0.1, 0.15) is 23.6 Å². The number of ether oxygens (including phenoxy) is 4. The van der Waals surface area contributed by atoms with Gasteiger partial charge in [0.25, 0.3) is 0 Å². The predicted molar refractivity (Wildman–Crippen MR) is 132 cm³/mol. The molecule has 0 amide bonds. The maximum atomic E-state index is 14.7. The van der Waals surface area contributed by atoms with Crippen LogP contribution in [-0.2, 0) is 38.1 Å². The molecule has 0 N–H and O–H groups in total. The monoisotopic (exact) mass is 528 g/mol. The highest BCUT2D eigenvalue weighted by Gasteiger charge is 2.75. The zero-order chi connectivity index (χ0) is 27.8. The predicted octanol–water partition coefficient (Wildman–Crippen LogP) is 4.10. The van der Waals surface area contributed by atoms with E-state index in [-0.39, 0.29) is 25.0 Å². The molecule has 9 nitrogen and oxygen atoms in total. The average Bonchev–Trinajstić information content (AvgIpc) is 3.43. The van der Waals surface area contributed by atoms with E-state index >= 15 is 0 Å². The first-order chi connectivity index (χ1) is 17.7. The summed E-state index contributed by atoms with van der Waals surface area (Å²) in [6.07, 6.45) is 1.44. The Bertz CT molecular complexity index is 1200. The topological polar surface area (TPSA) is 118 Å². The van der Waals surface area contributed by atoms with Gasteiger partial charge < -0.3 is 23.4 Å². The van der Waals surface area contributed by atoms with Crippen molar-refractivity contribution in [2.24, 2.45) is 28.1 Å². The van der Waals surface area contributed by atoms with Crippen LogP contribution in [0, 0.1) is 28.1 Å². The van der Waals surface area contributed by atoms with Gasteiger partial charge in [-0.1, -0.05) is 27.4 Å². The van der Waals surface area contributed by atoms with Crippen molar-refractivity contribution in [2.45, 2.75) is 84.2 Å². The minimum atomic E-state index is -1.19. The molecule has 9 heteroatoms. The Balaban J connectivity index is 1.67. The van der Waals surface area contributed by atoms with Crippen LogP contribution in [0.4, 0.5) is 0 Å². The summed E-state index contributed by atoms with van der Waals surface area (Å²) in [7, 11) is 1.31. The highest BCUT2D eigenvalue weighted by molar-refractivity contribution is 5.93. The number of hydrogen-bond donors (Lipinski definition) is 0. The van der Waals surface area contributed by atoms with Crippen LogP contribution in [0.5, 0.6) is 0 Å². The number of esters is 3. The molecule has 38 heavy (non-hydrogen) atoms. The first-order valence-corrected chi connectivity index (χ1v) is 13.1. The molecule has 1 aromatic heterocycles. The third kappa shape index (κ3) is 3.39. The van der Waals surface area contributed by atoms with Crippen molar-refractivity contribution in [3.63, 3.8) is 0 Å². The van der Waals surface area contributed by atoms with Gasteiger partial charge in [-0.05, 0) is 30.9 Å². The van der Waals surface area contributed by atoms with Crippen LogP contribution in [0.1, 0.15) is 72.0 Å².